The number of unbranched alkanes of at least 4 members (excludes halogenated alkanes) is 42. The van der Waals surface area contributed by atoms with E-state index in [9.17, 15) is 43.2 Å². The van der Waals surface area contributed by atoms with Gasteiger partial charge in [-0.25, -0.2) is 9.13 Å². The molecule has 0 aromatic carbocycles. The summed E-state index contributed by atoms with van der Waals surface area (Å²) in [5, 5.41) is 10.6. The first kappa shape index (κ1) is 97.1. The Balaban J connectivity index is 5.28. The molecule has 0 aromatic rings. The van der Waals surface area contributed by atoms with E-state index in [-0.39, 0.29) is 25.7 Å². The van der Waals surface area contributed by atoms with Crippen LogP contribution >= 0.6 is 15.6 Å². The van der Waals surface area contributed by atoms with Gasteiger partial charge in [-0.3, -0.25) is 37.3 Å². The highest BCUT2D eigenvalue weighted by atomic mass is 31.2. The Kier molecular flexibility index (Phi) is 67.8. The zero-order valence-corrected chi connectivity index (χ0v) is 66.9. The maximum Gasteiger partial charge on any atom is 0.472 e. The highest BCUT2D eigenvalue weighted by Crippen LogP contribution is 2.45. The van der Waals surface area contributed by atoms with Crippen molar-refractivity contribution in [1.29, 1.82) is 0 Å². The second kappa shape index (κ2) is 69.1. The minimum atomic E-state index is -4.96. The van der Waals surface area contributed by atoms with Gasteiger partial charge in [0.05, 0.1) is 26.4 Å². The molecule has 0 fully saturated rings. The van der Waals surface area contributed by atoms with Crippen LogP contribution in [0.1, 0.15) is 409 Å². The summed E-state index contributed by atoms with van der Waals surface area (Å²) >= 11 is 0. The van der Waals surface area contributed by atoms with Gasteiger partial charge in [0.25, 0.3) is 0 Å². The van der Waals surface area contributed by atoms with Crippen LogP contribution in [-0.2, 0) is 65.4 Å². The maximum absolute atomic E-state index is 13.1. The third-order valence-corrected chi connectivity index (χ3v) is 20.8. The molecule has 0 radical (unpaired) electrons. The van der Waals surface area contributed by atoms with Crippen LogP contribution in [0.25, 0.3) is 0 Å². The summed E-state index contributed by atoms with van der Waals surface area (Å²) in [6, 6.07) is 0. The van der Waals surface area contributed by atoms with Gasteiger partial charge in [0.1, 0.15) is 19.3 Å². The number of esters is 4. The average Bonchev–Trinajstić information content (AvgIpc) is 1.02. The zero-order chi connectivity index (χ0) is 73.1. The van der Waals surface area contributed by atoms with E-state index in [0.29, 0.717) is 25.7 Å². The molecule has 0 aliphatic rings. The number of phosphoric ester groups is 2. The van der Waals surface area contributed by atoms with Gasteiger partial charge in [0.2, 0.25) is 0 Å². The summed E-state index contributed by atoms with van der Waals surface area (Å²) in [4.78, 5) is 73.0. The van der Waals surface area contributed by atoms with E-state index in [1.54, 1.807) is 0 Å². The lowest BCUT2D eigenvalue weighted by atomic mass is 9.99. The lowest BCUT2D eigenvalue weighted by molar-refractivity contribution is -0.161. The Morgan fingerprint density at radius 1 is 0.283 bits per heavy atom. The van der Waals surface area contributed by atoms with Gasteiger partial charge in [0, 0.05) is 25.7 Å². The summed E-state index contributed by atoms with van der Waals surface area (Å²) in [7, 11) is -9.92. The van der Waals surface area contributed by atoms with Crippen molar-refractivity contribution in [3.05, 3.63) is 0 Å². The standard InChI is InChI=1S/C80H156O17P2/c1-9-73(8)59-51-43-35-27-18-12-10-11-13-19-30-38-46-54-62-79(84)96-75(66-90-77(82)60-52-44-36-28-20-14-16-24-32-40-48-56-70(2)3)68-94-98(86,87)92-64-74(81)65-93-99(88,89)95-69-76(67-91-78(83)61-53-45-37-29-23-22-26-34-42-50-58-72(6)7)97-80(85)63-55-47-39-31-21-15-17-25-33-41-49-57-71(4)5/h70-76,81H,9-69H2,1-8H3,(H,86,87)(H,88,89)/t73?,74-,75-,76-/m1/s1. The lowest BCUT2D eigenvalue weighted by Crippen LogP contribution is -2.30. The Morgan fingerprint density at radius 3 is 0.717 bits per heavy atom. The van der Waals surface area contributed by atoms with Crippen molar-refractivity contribution in [1.82, 2.24) is 0 Å². The predicted molar refractivity (Wildman–Crippen MR) is 404 cm³/mol. The quantitative estimate of drug-likeness (QED) is 0.0222. The number of aliphatic hydroxyl groups excluding tert-OH is 1. The minimum Gasteiger partial charge on any atom is -0.462 e. The average molecular weight is 1450 g/mol. The molecule has 99 heavy (non-hydrogen) atoms. The number of carbonyl (C=O) groups is 4. The van der Waals surface area contributed by atoms with Crippen molar-refractivity contribution < 1.29 is 80.2 Å². The molecule has 0 amide bonds. The second-order valence-corrected chi connectivity index (χ2v) is 33.4. The fourth-order valence-electron chi connectivity index (χ4n) is 12.2. The molecule has 19 heteroatoms. The van der Waals surface area contributed by atoms with E-state index in [0.717, 1.165) is 114 Å². The fourth-order valence-corrected chi connectivity index (χ4v) is 13.8. The topological polar surface area (TPSA) is 237 Å². The molecule has 588 valence electrons. The second-order valence-electron chi connectivity index (χ2n) is 30.5. The molecule has 17 nitrogen and oxygen atoms in total. The minimum absolute atomic E-state index is 0.106. The van der Waals surface area contributed by atoms with Crippen LogP contribution < -0.4 is 0 Å². The molecule has 0 aliphatic heterocycles. The van der Waals surface area contributed by atoms with Crippen molar-refractivity contribution in [2.24, 2.45) is 23.7 Å². The van der Waals surface area contributed by atoms with Gasteiger partial charge in [-0.15, -0.1) is 0 Å². The third-order valence-electron chi connectivity index (χ3n) is 18.9. The first-order chi connectivity index (χ1) is 47.6. The summed E-state index contributed by atoms with van der Waals surface area (Å²) in [6.45, 7) is 14.3. The molecular weight excluding hydrogens is 1290 g/mol. The van der Waals surface area contributed by atoms with Gasteiger partial charge in [-0.05, 0) is 49.4 Å². The van der Waals surface area contributed by atoms with E-state index in [4.69, 9.17) is 37.0 Å². The number of ether oxygens (including phenoxy) is 4. The van der Waals surface area contributed by atoms with Gasteiger partial charge in [0.15, 0.2) is 12.2 Å². The summed E-state index contributed by atoms with van der Waals surface area (Å²) < 4.78 is 68.7. The normalized spacial score (nSPS) is 14.3. The molecule has 0 saturated carbocycles. The number of phosphoric acid groups is 2. The SMILES string of the molecule is CCC(C)CCCCCCCCCCCCCCCCC(=O)O[C@H](COC(=O)CCCCCCCCCCCCCC(C)C)COP(=O)(O)OC[C@@H](O)COP(=O)(O)OC[C@@H](COC(=O)CCCCCCCCCCCCC(C)C)OC(=O)CCCCCCCCCCCCCC(C)C. The molecule has 0 bridgehead atoms. The number of hydrogen-bond acceptors (Lipinski definition) is 15. The Morgan fingerprint density at radius 2 is 0.485 bits per heavy atom. The first-order valence-electron chi connectivity index (χ1n) is 41.2. The third kappa shape index (κ3) is 72.8. The van der Waals surface area contributed by atoms with E-state index in [2.05, 4.69) is 55.4 Å². The molecule has 6 atom stereocenters. The molecule has 0 rings (SSSR count). The van der Waals surface area contributed by atoms with Crippen LogP contribution in [0.4, 0.5) is 0 Å². The van der Waals surface area contributed by atoms with Crippen molar-refractivity contribution in [2.45, 2.75) is 427 Å². The van der Waals surface area contributed by atoms with E-state index < -0.39 is 97.5 Å². The van der Waals surface area contributed by atoms with Crippen LogP contribution in [-0.4, -0.2) is 96.7 Å². The molecular formula is C80H156O17P2. The number of hydrogen-bond donors (Lipinski definition) is 3. The van der Waals surface area contributed by atoms with Crippen LogP contribution in [0.5, 0.6) is 0 Å². The van der Waals surface area contributed by atoms with Crippen LogP contribution in [0.15, 0.2) is 0 Å². The molecule has 0 saturated heterocycles. The van der Waals surface area contributed by atoms with E-state index >= 15 is 0 Å². The maximum atomic E-state index is 13.1. The van der Waals surface area contributed by atoms with Gasteiger partial charge in [-0.2, -0.15) is 0 Å². The van der Waals surface area contributed by atoms with Crippen LogP contribution in [0.3, 0.4) is 0 Å². The van der Waals surface area contributed by atoms with E-state index in [1.165, 1.54) is 212 Å². The highest BCUT2D eigenvalue weighted by Gasteiger charge is 2.30. The smallest absolute Gasteiger partial charge is 0.462 e. The number of aliphatic hydroxyl groups is 1. The first-order valence-corrected chi connectivity index (χ1v) is 44.2. The van der Waals surface area contributed by atoms with Gasteiger partial charge < -0.3 is 33.8 Å². The lowest BCUT2D eigenvalue weighted by Gasteiger charge is -2.21. The Hall–Kier alpha value is -1.94. The number of rotatable bonds is 77. The number of carbonyl (C=O) groups excluding carboxylic acids is 4. The monoisotopic (exact) mass is 1450 g/mol. The summed E-state index contributed by atoms with van der Waals surface area (Å²) in [6.07, 6.45) is 55.3. The Labute approximate surface area is 607 Å². The van der Waals surface area contributed by atoms with Gasteiger partial charge >= 0.3 is 39.5 Å². The predicted octanol–water partition coefficient (Wildman–Crippen LogP) is 23.6. The van der Waals surface area contributed by atoms with Crippen molar-refractivity contribution in [3.8, 4) is 0 Å². The van der Waals surface area contributed by atoms with Crippen molar-refractivity contribution in [2.75, 3.05) is 39.6 Å². The Bertz CT molecular complexity index is 1940. The molecule has 3 N–H and O–H groups in total. The van der Waals surface area contributed by atoms with Crippen molar-refractivity contribution in [3.63, 3.8) is 0 Å². The van der Waals surface area contributed by atoms with Crippen LogP contribution in [0, 0.1) is 23.7 Å². The van der Waals surface area contributed by atoms with Crippen LogP contribution in [0.2, 0.25) is 0 Å². The molecule has 0 aromatic heterocycles. The highest BCUT2D eigenvalue weighted by molar-refractivity contribution is 7.47. The molecule has 3 unspecified atom stereocenters. The molecule has 0 spiro atoms. The molecule has 0 heterocycles. The zero-order valence-electron chi connectivity index (χ0n) is 65.1. The summed E-state index contributed by atoms with van der Waals surface area (Å²) in [5.74, 6) is 1.03. The molecule has 0 aliphatic carbocycles. The van der Waals surface area contributed by atoms with Gasteiger partial charge in [-0.1, -0.05) is 357 Å². The summed E-state index contributed by atoms with van der Waals surface area (Å²) in [5.41, 5.74) is 0. The van der Waals surface area contributed by atoms with E-state index in [1.807, 2.05) is 0 Å². The largest absolute Gasteiger partial charge is 0.472 e. The van der Waals surface area contributed by atoms with Crippen molar-refractivity contribution >= 4 is 39.5 Å². The fraction of sp³-hybridized carbons (Fsp3) is 0.950.